The summed E-state index contributed by atoms with van der Waals surface area (Å²) in [5.41, 5.74) is 18.0. The Labute approximate surface area is 327 Å². The van der Waals surface area contributed by atoms with Crippen LogP contribution < -0.4 is 4.90 Å². The number of nitrogens with zero attached hydrogens (tertiary/aromatic N) is 1. The van der Waals surface area contributed by atoms with E-state index >= 15 is 0 Å². The summed E-state index contributed by atoms with van der Waals surface area (Å²) in [7, 11) is 0. The summed E-state index contributed by atoms with van der Waals surface area (Å²) in [5.74, 6) is 0. The first-order valence-corrected chi connectivity index (χ1v) is 20.1. The Balaban J connectivity index is 1.10. The summed E-state index contributed by atoms with van der Waals surface area (Å²) < 4.78 is 7.21. The van der Waals surface area contributed by atoms with Crippen LogP contribution in [-0.2, 0) is 10.8 Å². The first-order chi connectivity index (χ1) is 27.8. The molecule has 266 valence electrons. The minimum Gasteiger partial charge on any atom is -0.454 e. The quantitative estimate of drug-likeness (QED) is 0.176. The van der Waals surface area contributed by atoms with E-state index in [9.17, 15) is 0 Å². The van der Waals surface area contributed by atoms with Crippen molar-refractivity contribution in [3.63, 3.8) is 0 Å². The minimum absolute atomic E-state index is 0.0816. The van der Waals surface area contributed by atoms with Crippen molar-refractivity contribution in [2.24, 2.45) is 0 Å². The molecule has 0 unspecified atom stereocenters. The van der Waals surface area contributed by atoms with Crippen LogP contribution in [0.15, 0.2) is 192 Å². The molecule has 0 bridgehead atoms. The van der Waals surface area contributed by atoms with E-state index in [1.165, 1.54) is 87.0 Å². The molecule has 3 aliphatic rings. The van der Waals surface area contributed by atoms with Gasteiger partial charge in [-0.2, -0.15) is 0 Å². The Morgan fingerprint density at radius 2 is 1.02 bits per heavy atom. The monoisotopic (exact) mass is 717 g/mol. The number of hydrogen-bond acceptors (Lipinski definition) is 2. The fourth-order valence-electron chi connectivity index (χ4n) is 11.1. The zero-order valence-corrected chi connectivity index (χ0v) is 31.1. The molecule has 12 rings (SSSR count). The summed E-state index contributed by atoms with van der Waals surface area (Å²) >= 11 is 0. The smallest absolute Gasteiger partial charge is 0.159 e. The molecule has 1 saturated carbocycles. The van der Waals surface area contributed by atoms with Crippen molar-refractivity contribution in [1.29, 1.82) is 0 Å². The lowest BCUT2D eigenvalue weighted by Gasteiger charge is -2.33. The second kappa shape index (κ2) is 11.9. The van der Waals surface area contributed by atoms with Gasteiger partial charge in [-0.25, -0.2) is 0 Å². The van der Waals surface area contributed by atoms with E-state index in [2.05, 4.69) is 193 Å². The fraction of sp³-hybridized carbons (Fsp3) is 0.111. The van der Waals surface area contributed by atoms with Gasteiger partial charge in [-0.05, 0) is 93.2 Å². The lowest BCUT2D eigenvalue weighted by atomic mass is 9.67. The maximum atomic E-state index is 7.21. The van der Waals surface area contributed by atoms with Crippen LogP contribution in [-0.4, -0.2) is 0 Å². The predicted octanol–water partition coefficient (Wildman–Crippen LogP) is 14.3. The van der Waals surface area contributed by atoms with E-state index in [1.54, 1.807) is 0 Å². The topological polar surface area (TPSA) is 16.4 Å². The van der Waals surface area contributed by atoms with E-state index in [0.717, 1.165) is 33.3 Å². The number of benzene rings is 8. The molecule has 0 amide bonds. The van der Waals surface area contributed by atoms with Crippen LogP contribution in [0.25, 0.3) is 44.2 Å². The molecule has 0 atom stereocenters. The highest BCUT2D eigenvalue weighted by molar-refractivity contribution is 6.11. The number of para-hydroxylation sites is 2. The predicted molar refractivity (Wildman–Crippen MR) is 230 cm³/mol. The van der Waals surface area contributed by atoms with Gasteiger partial charge in [-0.15, -0.1) is 0 Å². The molecular formula is C54H39NO. The van der Waals surface area contributed by atoms with Crippen molar-refractivity contribution in [3.8, 4) is 22.3 Å². The first kappa shape index (κ1) is 31.7. The van der Waals surface area contributed by atoms with Crippen LogP contribution >= 0.6 is 0 Å². The van der Waals surface area contributed by atoms with Crippen LogP contribution in [0.4, 0.5) is 17.1 Å². The molecule has 0 radical (unpaired) electrons. The highest BCUT2D eigenvalue weighted by atomic mass is 16.3. The second-order valence-electron chi connectivity index (χ2n) is 15.9. The third-order valence-corrected chi connectivity index (χ3v) is 13.3. The maximum absolute atomic E-state index is 7.21. The van der Waals surface area contributed by atoms with E-state index < -0.39 is 5.41 Å². The Morgan fingerprint density at radius 3 is 1.75 bits per heavy atom. The van der Waals surface area contributed by atoms with Crippen LogP contribution in [0.1, 0.15) is 59.1 Å². The normalized spacial score (nSPS) is 15.5. The molecule has 8 aromatic carbocycles. The third-order valence-electron chi connectivity index (χ3n) is 13.3. The molecule has 2 nitrogen and oxygen atoms in total. The molecule has 1 spiro atoms. The van der Waals surface area contributed by atoms with Gasteiger partial charge in [0.05, 0.1) is 16.8 Å². The number of rotatable bonds is 5. The SMILES string of the molecule is c1ccc(N(c2cccc3c2-c2ccccc2C32CCCC2)c2cccc3c2oc2cc(C4(c5ccccc5)c5ccccc5-c5ccccc54)ccc23)cc1. The lowest BCUT2D eigenvalue weighted by molar-refractivity contribution is 0.550. The molecule has 0 N–H and O–H groups in total. The van der Waals surface area contributed by atoms with Crippen molar-refractivity contribution in [1.82, 2.24) is 0 Å². The molecule has 1 aromatic heterocycles. The van der Waals surface area contributed by atoms with Crippen molar-refractivity contribution in [2.45, 2.75) is 36.5 Å². The Hall–Kier alpha value is -6.64. The van der Waals surface area contributed by atoms with Gasteiger partial charge in [-0.3, -0.25) is 0 Å². The van der Waals surface area contributed by atoms with Crippen molar-refractivity contribution >= 4 is 39.0 Å². The van der Waals surface area contributed by atoms with Gasteiger partial charge in [0.15, 0.2) is 5.58 Å². The number of fused-ring (bicyclic) bond motifs is 11. The Bertz CT molecular complexity index is 2940. The molecule has 1 fully saturated rings. The fourth-order valence-corrected chi connectivity index (χ4v) is 11.1. The van der Waals surface area contributed by atoms with Gasteiger partial charge in [0.1, 0.15) is 5.58 Å². The average molecular weight is 718 g/mol. The summed E-state index contributed by atoms with van der Waals surface area (Å²) in [6.07, 6.45) is 4.94. The Morgan fingerprint density at radius 1 is 0.429 bits per heavy atom. The van der Waals surface area contributed by atoms with Crippen LogP contribution in [0.3, 0.4) is 0 Å². The molecular weight excluding hydrogens is 679 g/mol. The lowest BCUT2D eigenvalue weighted by Crippen LogP contribution is -2.28. The van der Waals surface area contributed by atoms with Crippen LogP contribution in [0.5, 0.6) is 0 Å². The van der Waals surface area contributed by atoms with Gasteiger partial charge < -0.3 is 9.32 Å². The van der Waals surface area contributed by atoms with Crippen molar-refractivity contribution in [2.75, 3.05) is 4.90 Å². The van der Waals surface area contributed by atoms with Gasteiger partial charge >= 0.3 is 0 Å². The van der Waals surface area contributed by atoms with E-state index in [0.29, 0.717) is 0 Å². The third kappa shape index (κ3) is 4.16. The van der Waals surface area contributed by atoms with Crippen molar-refractivity contribution < 1.29 is 4.42 Å². The second-order valence-corrected chi connectivity index (χ2v) is 15.9. The molecule has 2 heteroatoms. The van der Waals surface area contributed by atoms with Gasteiger partial charge in [-0.1, -0.05) is 171 Å². The highest BCUT2D eigenvalue weighted by Crippen LogP contribution is 2.61. The van der Waals surface area contributed by atoms with E-state index in [-0.39, 0.29) is 5.41 Å². The number of furan rings is 1. The number of hydrogen-bond donors (Lipinski definition) is 0. The first-order valence-electron chi connectivity index (χ1n) is 20.1. The van der Waals surface area contributed by atoms with Gasteiger partial charge in [0, 0.05) is 27.4 Å². The van der Waals surface area contributed by atoms with E-state index in [1.807, 2.05) is 0 Å². The molecule has 9 aromatic rings. The van der Waals surface area contributed by atoms with Gasteiger partial charge in [0.25, 0.3) is 0 Å². The highest BCUT2D eigenvalue weighted by Gasteiger charge is 2.47. The average Bonchev–Trinajstić information content (AvgIpc) is 4.04. The minimum atomic E-state index is -0.491. The van der Waals surface area contributed by atoms with Crippen molar-refractivity contribution in [3.05, 3.63) is 221 Å². The zero-order chi connectivity index (χ0) is 36.8. The molecule has 0 saturated heterocycles. The zero-order valence-electron chi connectivity index (χ0n) is 31.1. The summed E-state index contributed by atoms with van der Waals surface area (Å²) in [4.78, 5) is 2.45. The molecule has 56 heavy (non-hydrogen) atoms. The van der Waals surface area contributed by atoms with Crippen LogP contribution in [0.2, 0.25) is 0 Å². The molecule has 0 aliphatic heterocycles. The largest absolute Gasteiger partial charge is 0.454 e. The van der Waals surface area contributed by atoms with Gasteiger partial charge in [0.2, 0.25) is 0 Å². The van der Waals surface area contributed by atoms with E-state index in [4.69, 9.17) is 4.42 Å². The maximum Gasteiger partial charge on any atom is 0.159 e. The Kier molecular flexibility index (Phi) is 6.75. The standard InChI is InChI=1S/C54H39NO/c1-3-17-36(18-4-1)54(45-26-11-7-21-39(45)40-22-8-12-27-46(40)54)37-31-32-41-42-24-15-30-49(52(42)56-50(41)35-37)55(38-19-5-2-6-20-38)48-29-16-28-47-51(48)43-23-9-10-25-44(43)53(47)33-13-14-34-53/h1-12,15-32,35H,13-14,33-34H2. The number of anilines is 3. The van der Waals surface area contributed by atoms with Crippen LogP contribution in [0, 0.1) is 0 Å². The molecule has 1 heterocycles. The summed E-state index contributed by atoms with van der Waals surface area (Å²) in [5, 5.41) is 2.24. The molecule has 3 aliphatic carbocycles. The summed E-state index contributed by atoms with van der Waals surface area (Å²) in [6.45, 7) is 0. The summed E-state index contributed by atoms with van der Waals surface area (Å²) in [6, 6.07) is 69.5.